The van der Waals surface area contributed by atoms with Crippen LogP contribution in [0.3, 0.4) is 0 Å². The molecule has 1 aromatic heterocycles. The molecule has 0 aliphatic carbocycles. The van der Waals surface area contributed by atoms with Gasteiger partial charge < -0.3 is 4.90 Å². The molecule has 5 heteroatoms. The number of anilines is 1. The van der Waals surface area contributed by atoms with E-state index in [4.69, 9.17) is 0 Å². The lowest BCUT2D eigenvalue weighted by Crippen LogP contribution is -2.45. The second-order valence-corrected chi connectivity index (χ2v) is 6.78. The highest BCUT2D eigenvalue weighted by Crippen LogP contribution is 2.33. The molecule has 2 rings (SSSR count). The average molecular weight is 290 g/mol. The summed E-state index contributed by atoms with van der Waals surface area (Å²) in [5.41, 5.74) is 0. The highest BCUT2D eigenvalue weighted by Gasteiger charge is 2.30. The molecule has 0 saturated carbocycles. The predicted molar refractivity (Wildman–Crippen MR) is 67.4 cm³/mol. The van der Waals surface area contributed by atoms with Crippen LogP contribution in [0.15, 0.2) is 3.92 Å². The molecule has 0 aromatic carbocycles. The maximum Gasteiger partial charge on any atom is 0.209 e. The Morgan fingerprint density at radius 2 is 2.07 bits per heavy atom. The van der Waals surface area contributed by atoms with E-state index in [-0.39, 0.29) is 0 Å². The number of hydrogen-bond donors (Lipinski definition) is 0. The van der Waals surface area contributed by atoms with Crippen LogP contribution >= 0.6 is 27.3 Å². The van der Waals surface area contributed by atoms with E-state index in [1.54, 1.807) is 11.3 Å². The largest absolute Gasteiger partial charge is 0.343 e. The smallest absolute Gasteiger partial charge is 0.209 e. The second kappa shape index (κ2) is 4.37. The molecule has 3 atom stereocenters. The number of hydrogen-bond acceptors (Lipinski definition) is 4. The molecule has 1 saturated heterocycles. The third kappa shape index (κ3) is 2.33. The third-order valence-corrected chi connectivity index (χ3v) is 4.63. The van der Waals surface area contributed by atoms with Gasteiger partial charge in [-0.1, -0.05) is 25.2 Å². The Kier molecular flexibility index (Phi) is 3.30. The van der Waals surface area contributed by atoms with Crippen LogP contribution in [-0.4, -0.2) is 22.8 Å². The van der Waals surface area contributed by atoms with Crippen LogP contribution in [0.25, 0.3) is 0 Å². The molecular weight excluding hydrogens is 274 g/mol. The number of halogens is 1. The van der Waals surface area contributed by atoms with Crippen molar-refractivity contribution in [3.63, 3.8) is 0 Å². The molecule has 0 radical (unpaired) electrons. The van der Waals surface area contributed by atoms with Gasteiger partial charge in [-0.25, -0.2) is 0 Å². The first-order chi connectivity index (χ1) is 7.08. The van der Waals surface area contributed by atoms with Crippen molar-refractivity contribution >= 4 is 32.4 Å². The first kappa shape index (κ1) is 11.3. The molecule has 1 aliphatic heterocycles. The zero-order valence-corrected chi connectivity index (χ0v) is 11.7. The van der Waals surface area contributed by atoms with Gasteiger partial charge in [-0.05, 0) is 41.1 Å². The minimum absolute atomic E-state index is 0.570. The molecule has 0 spiro atoms. The van der Waals surface area contributed by atoms with Gasteiger partial charge in [0.2, 0.25) is 5.13 Å². The Morgan fingerprint density at radius 1 is 1.33 bits per heavy atom. The van der Waals surface area contributed by atoms with E-state index in [9.17, 15) is 0 Å². The first-order valence-corrected chi connectivity index (χ1v) is 6.94. The second-order valence-electron chi connectivity index (χ2n) is 4.55. The van der Waals surface area contributed by atoms with E-state index in [2.05, 4.69) is 51.8 Å². The maximum atomic E-state index is 4.21. The van der Waals surface area contributed by atoms with Crippen molar-refractivity contribution in [1.29, 1.82) is 0 Å². The zero-order valence-electron chi connectivity index (χ0n) is 9.27. The zero-order chi connectivity index (χ0) is 11.0. The number of piperidine rings is 1. The summed E-state index contributed by atoms with van der Waals surface area (Å²) < 4.78 is 0.871. The van der Waals surface area contributed by atoms with Crippen molar-refractivity contribution in [3.8, 4) is 0 Å². The molecule has 3 unspecified atom stereocenters. The fourth-order valence-corrected chi connectivity index (χ4v) is 3.47. The molecular formula is C10H16BrN3S. The molecule has 3 nitrogen and oxygen atoms in total. The van der Waals surface area contributed by atoms with Crippen LogP contribution in [-0.2, 0) is 0 Å². The number of rotatable bonds is 1. The van der Waals surface area contributed by atoms with E-state index in [0.717, 1.165) is 27.4 Å². The summed E-state index contributed by atoms with van der Waals surface area (Å²) in [6.07, 6.45) is 1.32. The summed E-state index contributed by atoms with van der Waals surface area (Å²) in [7, 11) is 0. The van der Waals surface area contributed by atoms with Crippen LogP contribution < -0.4 is 4.90 Å². The molecule has 2 heterocycles. The van der Waals surface area contributed by atoms with Crippen LogP contribution in [0.2, 0.25) is 0 Å². The highest BCUT2D eigenvalue weighted by atomic mass is 79.9. The van der Waals surface area contributed by atoms with Crippen molar-refractivity contribution in [2.24, 2.45) is 11.8 Å². The Balaban J connectivity index is 2.20. The van der Waals surface area contributed by atoms with Gasteiger partial charge in [0.25, 0.3) is 0 Å². The van der Waals surface area contributed by atoms with Crippen LogP contribution in [0.1, 0.15) is 27.2 Å². The van der Waals surface area contributed by atoms with Crippen LogP contribution in [0.5, 0.6) is 0 Å². The summed E-state index contributed by atoms with van der Waals surface area (Å²) >= 11 is 4.99. The lowest BCUT2D eigenvalue weighted by atomic mass is 9.86. The molecule has 1 fully saturated rings. The van der Waals surface area contributed by atoms with E-state index in [0.29, 0.717) is 6.04 Å². The lowest BCUT2D eigenvalue weighted by Gasteiger charge is -2.40. The predicted octanol–water partition coefficient (Wildman–Crippen LogP) is 3.17. The van der Waals surface area contributed by atoms with Gasteiger partial charge in [-0.15, -0.1) is 10.2 Å². The molecule has 15 heavy (non-hydrogen) atoms. The van der Waals surface area contributed by atoms with E-state index >= 15 is 0 Å². The summed E-state index contributed by atoms with van der Waals surface area (Å²) in [5, 5.41) is 9.28. The van der Waals surface area contributed by atoms with Crippen molar-refractivity contribution in [1.82, 2.24) is 10.2 Å². The SMILES string of the molecule is CC1CC(C)C(C)N(c2nnc(Br)s2)C1. The number of aromatic nitrogens is 2. The Morgan fingerprint density at radius 3 is 2.67 bits per heavy atom. The summed E-state index contributed by atoms with van der Waals surface area (Å²) in [5.74, 6) is 1.48. The third-order valence-electron chi connectivity index (χ3n) is 3.23. The standard InChI is InChI=1S/C10H16BrN3S/c1-6-4-7(2)8(3)14(5-6)10-13-12-9(11)15-10/h6-8H,4-5H2,1-3H3. The van der Waals surface area contributed by atoms with E-state index in [1.807, 2.05) is 0 Å². The number of nitrogens with zero attached hydrogens (tertiary/aromatic N) is 3. The molecule has 0 bridgehead atoms. The van der Waals surface area contributed by atoms with Gasteiger partial charge in [0.15, 0.2) is 3.92 Å². The Labute approximate surface area is 103 Å². The first-order valence-electron chi connectivity index (χ1n) is 5.33. The Bertz CT molecular complexity index is 341. The molecule has 0 amide bonds. The van der Waals surface area contributed by atoms with Crippen molar-refractivity contribution in [3.05, 3.63) is 3.92 Å². The monoisotopic (exact) mass is 289 g/mol. The normalized spacial score (nSPS) is 32.0. The minimum atomic E-state index is 0.570. The summed E-state index contributed by atoms with van der Waals surface area (Å²) in [6.45, 7) is 8.02. The van der Waals surface area contributed by atoms with Crippen molar-refractivity contribution < 1.29 is 0 Å². The molecule has 1 aliphatic rings. The van der Waals surface area contributed by atoms with Crippen LogP contribution in [0.4, 0.5) is 5.13 Å². The maximum absolute atomic E-state index is 4.21. The van der Waals surface area contributed by atoms with Crippen molar-refractivity contribution in [2.75, 3.05) is 11.4 Å². The van der Waals surface area contributed by atoms with Gasteiger partial charge >= 0.3 is 0 Å². The lowest BCUT2D eigenvalue weighted by molar-refractivity contribution is 0.296. The summed E-state index contributed by atoms with van der Waals surface area (Å²) in [4.78, 5) is 2.39. The van der Waals surface area contributed by atoms with Gasteiger partial charge in [0, 0.05) is 12.6 Å². The quantitative estimate of drug-likeness (QED) is 0.795. The molecule has 84 valence electrons. The van der Waals surface area contributed by atoms with Crippen molar-refractivity contribution in [2.45, 2.75) is 33.2 Å². The Hall–Kier alpha value is -0.160. The minimum Gasteiger partial charge on any atom is -0.343 e. The van der Waals surface area contributed by atoms with Gasteiger partial charge in [0.05, 0.1) is 0 Å². The fourth-order valence-electron chi connectivity index (χ4n) is 2.28. The highest BCUT2D eigenvalue weighted by molar-refractivity contribution is 9.11. The fraction of sp³-hybridized carbons (Fsp3) is 0.800. The van der Waals surface area contributed by atoms with Gasteiger partial charge in [-0.3, -0.25) is 0 Å². The summed E-state index contributed by atoms with van der Waals surface area (Å²) in [6, 6.07) is 0.570. The van der Waals surface area contributed by atoms with E-state index in [1.165, 1.54) is 6.42 Å². The topological polar surface area (TPSA) is 29.0 Å². The van der Waals surface area contributed by atoms with Gasteiger partial charge in [-0.2, -0.15) is 0 Å². The molecule has 0 N–H and O–H groups in total. The van der Waals surface area contributed by atoms with Crippen LogP contribution in [0, 0.1) is 11.8 Å². The molecule has 1 aromatic rings. The average Bonchev–Trinajstić information content (AvgIpc) is 2.58. The van der Waals surface area contributed by atoms with E-state index < -0.39 is 0 Å². The van der Waals surface area contributed by atoms with Gasteiger partial charge in [0.1, 0.15) is 0 Å².